The van der Waals surface area contributed by atoms with Crippen LogP contribution in [-0.2, 0) is 11.3 Å². The highest BCUT2D eigenvalue weighted by Crippen LogP contribution is 2.19. The van der Waals surface area contributed by atoms with Crippen molar-refractivity contribution in [2.75, 3.05) is 7.11 Å². The third kappa shape index (κ3) is 4.30. The van der Waals surface area contributed by atoms with Crippen molar-refractivity contribution in [3.05, 3.63) is 65.5 Å². The number of para-hydroxylation sites is 1. The van der Waals surface area contributed by atoms with Gasteiger partial charge in [0.15, 0.2) is 0 Å². The normalized spacial score (nSPS) is 11.8. The number of hydrogen-bond donors (Lipinski definition) is 2. The Morgan fingerprint density at radius 1 is 1.27 bits per heavy atom. The fourth-order valence-corrected chi connectivity index (χ4v) is 2.12. The molecule has 0 aromatic heterocycles. The number of carbonyl (C=O) groups is 1. The quantitative estimate of drug-likeness (QED) is 0.862. The van der Waals surface area contributed by atoms with Crippen LogP contribution in [0.15, 0.2) is 48.5 Å². The third-order valence-electron chi connectivity index (χ3n) is 3.28. The summed E-state index contributed by atoms with van der Waals surface area (Å²) in [5.74, 6) is -0.0675. The number of ether oxygens (including phenoxy) is 1. The third-order valence-corrected chi connectivity index (χ3v) is 3.28. The number of hydrogen-bond acceptors (Lipinski definition) is 3. The summed E-state index contributed by atoms with van der Waals surface area (Å²) in [6, 6.07) is 13.0. The molecule has 22 heavy (non-hydrogen) atoms. The molecule has 2 rings (SSSR count). The summed E-state index contributed by atoms with van der Waals surface area (Å²) in [4.78, 5) is 11.9. The molecule has 0 radical (unpaired) electrons. The molecule has 116 valence electrons. The van der Waals surface area contributed by atoms with Crippen LogP contribution in [0.3, 0.4) is 0 Å². The van der Waals surface area contributed by atoms with Crippen molar-refractivity contribution in [2.24, 2.45) is 0 Å². The predicted molar refractivity (Wildman–Crippen MR) is 80.8 cm³/mol. The zero-order valence-corrected chi connectivity index (χ0v) is 12.3. The van der Waals surface area contributed by atoms with Crippen molar-refractivity contribution in [2.45, 2.75) is 19.1 Å². The van der Waals surface area contributed by atoms with Gasteiger partial charge in [-0.3, -0.25) is 4.79 Å². The van der Waals surface area contributed by atoms with E-state index in [-0.39, 0.29) is 12.3 Å². The highest BCUT2D eigenvalue weighted by molar-refractivity contribution is 5.76. The van der Waals surface area contributed by atoms with E-state index in [1.807, 2.05) is 24.3 Å². The summed E-state index contributed by atoms with van der Waals surface area (Å²) in [5, 5.41) is 12.7. The average molecular weight is 303 g/mol. The Kier molecular flexibility index (Phi) is 5.49. The van der Waals surface area contributed by atoms with Gasteiger partial charge in [0.2, 0.25) is 5.91 Å². The van der Waals surface area contributed by atoms with Crippen LogP contribution >= 0.6 is 0 Å². The fourth-order valence-electron chi connectivity index (χ4n) is 2.12. The van der Waals surface area contributed by atoms with E-state index < -0.39 is 11.9 Å². The predicted octanol–water partition coefficient (Wildman–Crippen LogP) is 2.57. The maximum Gasteiger partial charge on any atom is 0.223 e. The minimum Gasteiger partial charge on any atom is -0.496 e. The second-order valence-corrected chi connectivity index (χ2v) is 4.86. The molecule has 0 fully saturated rings. The Morgan fingerprint density at radius 3 is 2.77 bits per heavy atom. The molecule has 0 aliphatic rings. The topological polar surface area (TPSA) is 58.6 Å². The van der Waals surface area contributed by atoms with Crippen molar-refractivity contribution < 1.29 is 19.0 Å². The number of aliphatic hydroxyl groups excluding tert-OH is 1. The van der Waals surface area contributed by atoms with Gasteiger partial charge in [0.25, 0.3) is 0 Å². The molecular formula is C17H18FNO3. The molecule has 0 spiro atoms. The molecule has 1 amide bonds. The first-order chi connectivity index (χ1) is 10.6. The molecule has 0 aliphatic heterocycles. The zero-order valence-electron chi connectivity index (χ0n) is 12.3. The minimum atomic E-state index is -1.03. The second-order valence-electron chi connectivity index (χ2n) is 4.86. The van der Waals surface area contributed by atoms with E-state index in [1.165, 1.54) is 18.2 Å². The summed E-state index contributed by atoms with van der Waals surface area (Å²) in [6.45, 7) is 0.304. The van der Waals surface area contributed by atoms with Crippen LogP contribution in [0.25, 0.3) is 0 Å². The molecular weight excluding hydrogens is 285 g/mol. The van der Waals surface area contributed by atoms with Gasteiger partial charge in [-0.05, 0) is 23.8 Å². The Balaban J connectivity index is 1.90. The molecule has 0 heterocycles. The van der Waals surface area contributed by atoms with Crippen LogP contribution in [0.1, 0.15) is 23.7 Å². The summed E-state index contributed by atoms with van der Waals surface area (Å²) >= 11 is 0. The number of halogens is 1. The van der Waals surface area contributed by atoms with E-state index in [4.69, 9.17) is 4.74 Å². The first-order valence-corrected chi connectivity index (χ1v) is 6.92. The van der Waals surface area contributed by atoms with Gasteiger partial charge in [-0.25, -0.2) is 4.39 Å². The standard InChI is InChI=1S/C17H18FNO3/c1-22-16-8-3-2-5-13(16)11-19-17(21)10-15(20)12-6-4-7-14(18)9-12/h2-9,15,20H,10-11H2,1H3,(H,19,21). The van der Waals surface area contributed by atoms with Crippen molar-refractivity contribution in [3.8, 4) is 5.75 Å². The molecule has 0 aliphatic carbocycles. The first kappa shape index (κ1) is 16.0. The number of benzene rings is 2. The van der Waals surface area contributed by atoms with Gasteiger partial charge in [-0.1, -0.05) is 30.3 Å². The summed E-state index contributed by atoms with van der Waals surface area (Å²) in [6.07, 6.45) is -1.16. The Hall–Kier alpha value is -2.40. The van der Waals surface area contributed by atoms with Gasteiger partial charge >= 0.3 is 0 Å². The Morgan fingerprint density at radius 2 is 2.05 bits per heavy atom. The van der Waals surface area contributed by atoms with Crippen LogP contribution in [0, 0.1) is 5.82 Å². The number of methoxy groups -OCH3 is 1. The van der Waals surface area contributed by atoms with Gasteiger partial charge in [0, 0.05) is 12.1 Å². The molecule has 2 aromatic carbocycles. The Bertz CT molecular complexity index is 645. The fraction of sp³-hybridized carbons (Fsp3) is 0.235. The van der Waals surface area contributed by atoms with E-state index in [1.54, 1.807) is 13.2 Å². The van der Waals surface area contributed by atoms with E-state index >= 15 is 0 Å². The number of carbonyl (C=O) groups excluding carboxylic acids is 1. The monoisotopic (exact) mass is 303 g/mol. The zero-order chi connectivity index (χ0) is 15.9. The average Bonchev–Trinajstić information content (AvgIpc) is 2.53. The van der Waals surface area contributed by atoms with Gasteiger partial charge < -0.3 is 15.2 Å². The number of amides is 1. The molecule has 1 unspecified atom stereocenters. The summed E-state index contributed by atoms with van der Waals surface area (Å²) in [7, 11) is 1.56. The molecule has 0 bridgehead atoms. The highest BCUT2D eigenvalue weighted by atomic mass is 19.1. The van der Waals surface area contributed by atoms with Crippen LogP contribution in [0.2, 0.25) is 0 Å². The molecule has 1 atom stereocenters. The van der Waals surface area contributed by atoms with E-state index in [0.717, 1.165) is 5.56 Å². The highest BCUT2D eigenvalue weighted by Gasteiger charge is 2.14. The number of nitrogens with one attached hydrogen (secondary N) is 1. The van der Waals surface area contributed by atoms with Crippen LogP contribution in [0.4, 0.5) is 4.39 Å². The first-order valence-electron chi connectivity index (χ1n) is 6.92. The smallest absolute Gasteiger partial charge is 0.223 e. The van der Waals surface area contributed by atoms with Gasteiger partial charge in [-0.15, -0.1) is 0 Å². The molecule has 2 N–H and O–H groups in total. The molecule has 4 nitrogen and oxygen atoms in total. The second kappa shape index (κ2) is 7.56. The molecule has 0 saturated carbocycles. The van der Waals surface area contributed by atoms with E-state index in [0.29, 0.717) is 17.9 Å². The van der Waals surface area contributed by atoms with Gasteiger partial charge in [-0.2, -0.15) is 0 Å². The largest absolute Gasteiger partial charge is 0.496 e. The lowest BCUT2D eigenvalue weighted by Crippen LogP contribution is -2.24. The number of aliphatic hydroxyl groups is 1. The van der Waals surface area contributed by atoms with Crippen LogP contribution in [-0.4, -0.2) is 18.1 Å². The van der Waals surface area contributed by atoms with Crippen molar-refractivity contribution in [1.82, 2.24) is 5.32 Å². The maximum atomic E-state index is 13.1. The van der Waals surface area contributed by atoms with Crippen LogP contribution in [0.5, 0.6) is 5.75 Å². The molecule has 2 aromatic rings. The van der Waals surface area contributed by atoms with E-state index in [9.17, 15) is 14.3 Å². The lowest BCUT2D eigenvalue weighted by Gasteiger charge is -2.12. The van der Waals surface area contributed by atoms with E-state index in [2.05, 4.69) is 5.32 Å². The maximum absolute atomic E-state index is 13.1. The summed E-state index contributed by atoms with van der Waals surface area (Å²) in [5.41, 5.74) is 1.23. The van der Waals surface area contributed by atoms with Gasteiger partial charge in [0.1, 0.15) is 11.6 Å². The van der Waals surface area contributed by atoms with Gasteiger partial charge in [0.05, 0.1) is 19.6 Å². The lowest BCUT2D eigenvalue weighted by atomic mass is 10.1. The number of rotatable bonds is 6. The van der Waals surface area contributed by atoms with Crippen molar-refractivity contribution in [3.63, 3.8) is 0 Å². The van der Waals surface area contributed by atoms with Crippen molar-refractivity contribution >= 4 is 5.91 Å². The lowest BCUT2D eigenvalue weighted by molar-refractivity contribution is -0.123. The SMILES string of the molecule is COc1ccccc1CNC(=O)CC(O)c1cccc(F)c1. The minimum absolute atomic E-state index is 0.126. The Labute approximate surface area is 128 Å². The van der Waals surface area contributed by atoms with Crippen molar-refractivity contribution in [1.29, 1.82) is 0 Å². The molecule has 0 saturated heterocycles. The van der Waals surface area contributed by atoms with Crippen LogP contribution < -0.4 is 10.1 Å². The summed E-state index contributed by atoms with van der Waals surface area (Å²) < 4.78 is 18.3. The molecule has 5 heteroatoms.